The molecule has 1 fully saturated rings. The fourth-order valence-electron chi connectivity index (χ4n) is 2.39. The smallest absolute Gasteiger partial charge is 0.222 e. The van der Waals surface area contributed by atoms with Crippen LogP contribution in [0.25, 0.3) is 11.0 Å². The highest BCUT2D eigenvalue weighted by Crippen LogP contribution is 2.18. The lowest BCUT2D eigenvalue weighted by molar-refractivity contribution is -0.120. The number of nitrogens with zero attached hydrogens (tertiary/aromatic N) is 2. The molecule has 0 aliphatic carbocycles. The van der Waals surface area contributed by atoms with Crippen LogP contribution < -0.4 is 10.6 Å². The Bertz CT molecular complexity index is 599. The predicted molar refractivity (Wildman–Crippen MR) is 73.8 cm³/mol. The Labute approximate surface area is 111 Å². The van der Waals surface area contributed by atoms with Gasteiger partial charge in [0, 0.05) is 37.1 Å². The van der Waals surface area contributed by atoms with E-state index in [9.17, 15) is 4.79 Å². The van der Waals surface area contributed by atoms with E-state index in [1.807, 2.05) is 18.2 Å². The molecule has 98 valence electrons. The van der Waals surface area contributed by atoms with Gasteiger partial charge in [-0.3, -0.25) is 14.8 Å². The van der Waals surface area contributed by atoms with Gasteiger partial charge in [-0.1, -0.05) is 0 Å². The first-order chi connectivity index (χ1) is 9.31. The van der Waals surface area contributed by atoms with Gasteiger partial charge >= 0.3 is 0 Å². The van der Waals surface area contributed by atoms with Gasteiger partial charge in [-0.05, 0) is 31.0 Å². The van der Waals surface area contributed by atoms with Crippen molar-refractivity contribution in [2.75, 3.05) is 11.9 Å². The number of aromatic nitrogens is 2. The van der Waals surface area contributed by atoms with Crippen LogP contribution in [-0.4, -0.2) is 28.5 Å². The van der Waals surface area contributed by atoms with Crippen molar-refractivity contribution in [1.82, 2.24) is 15.3 Å². The quantitative estimate of drug-likeness (QED) is 0.858. The maximum absolute atomic E-state index is 11.5. The number of benzene rings is 1. The zero-order valence-electron chi connectivity index (χ0n) is 10.6. The highest BCUT2D eigenvalue weighted by molar-refractivity contribution is 5.79. The van der Waals surface area contributed by atoms with E-state index in [2.05, 4.69) is 20.6 Å². The first-order valence-corrected chi connectivity index (χ1v) is 6.55. The largest absolute Gasteiger partial charge is 0.382 e. The molecule has 0 radical (unpaired) electrons. The molecular weight excluding hydrogens is 240 g/mol. The maximum Gasteiger partial charge on any atom is 0.222 e. The highest BCUT2D eigenvalue weighted by Gasteiger charge is 2.17. The number of amides is 1. The molecule has 1 saturated heterocycles. The fraction of sp³-hybridized carbons (Fsp3) is 0.357. The number of hydrogen-bond acceptors (Lipinski definition) is 4. The van der Waals surface area contributed by atoms with E-state index in [4.69, 9.17) is 0 Å². The minimum atomic E-state index is 0.121. The van der Waals surface area contributed by atoms with Crippen LogP contribution in [-0.2, 0) is 4.79 Å². The van der Waals surface area contributed by atoms with Gasteiger partial charge in [-0.25, -0.2) is 0 Å². The fourth-order valence-corrected chi connectivity index (χ4v) is 2.39. The molecule has 5 nitrogen and oxygen atoms in total. The molecule has 1 amide bonds. The van der Waals surface area contributed by atoms with Gasteiger partial charge in [0.1, 0.15) is 0 Å². The Balaban J connectivity index is 1.78. The average molecular weight is 256 g/mol. The van der Waals surface area contributed by atoms with Crippen molar-refractivity contribution in [2.24, 2.45) is 0 Å². The van der Waals surface area contributed by atoms with Gasteiger partial charge in [0.05, 0.1) is 11.0 Å². The minimum Gasteiger partial charge on any atom is -0.382 e. The number of carbonyl (C=O) groups is 1. The predicted octanol–water partition coefficient (Wildman–Crippen LogP) is 1.71. The second-order valence-corrected chi connectivity index (χ2v) is 4.80. The maximum atomic E-state index is 11.5. The van der Waals surface area contributed by atoms with Crippen LogP contribution in [0.3, 0.4) is 0 Å². The second-order valence-electron chi connectivity index (χ2n) is 4.80. The molecular formula is C14H16N4O. The van der Waals surface area contributed by atoms with Gasteiger partial charge in [0.25, 0.3) is 0 Å². The molecule has 1 aromatic carbocycles. The molecule has 1 unspecified atom stereocenters. The van der Waals surface area contributed by atoms with Crippen LogP contribution in [0.2, 0.25) is 0 Å². The number of fused-ring (bicyclic) bond motifs is 1. The van der Waals surface area contributed by atoms with Gasteiger partial charge in [0.15, 0.2) is 0 Å². The zero-order chi connectivity index (χ0) is 13.1. The Morgan fingerprint density at radius 1 is 1.21 bits per heavy atom. The van der Waals surface area contributed by atoms with Gasteiger partial charge in [-0.2, -0.15) is 0 Å². The molecule has 2 N–H and O–H groups in total. The summed E-state index contributed by atoms with van der Waals surface area (Å²) in [6.07, 6.45) is 5.91. The van der Waals surface area contributed by atoms with E-state index in [1.54, 1.807) is 12.4 Å². The number of nitrogens with one attached hydrogen (secondary N) is 2. The molecule has 1 aromatic heterocycles. The van der Waals surface area contributed by atoms with E-state index in [-0.39, 0.29) is 11.9 Å². The number of hydrogen-bond donors (Lipinski definition) is 2. The van der Waals surface area contributed by atoms with Crippen molar-refractivity contribution in [2.45, 2.75) is 25.3 Å². The molecule has 2 aromatic rings. The van der Waals surface area contributed by atoms with Crippen LogP contribution in [0.4, 0.5) is 5.69 Å². The summed E-state index contributed by atoms with van der Waals surface area (Å²) in [5.41, 5.74) is 2.74. The summed E-state index contributed by atoms with van der Waals surface area (Å²) < 4.78 is 0. The molecule has 0 saturated carbocycles. The molecule has 5 heteroatoms. The summed E-state index contributed by atoms with van der Waals surface area (Å²) in [6.45, 7) is 0.778. The van der Waals surface area contributed by atoms with Crippen molar-refractivity contribution in [3.8, 4) is 0 Å². The molecule has 3 rings (SSSR count). The topological polar surface area (TPSA) is 66.9 Å². The monoisotopic (exact) mass is 256 g/mol. The van der Waals surface area contributed by atoms with Gasteiger partial charge in [0.2, 0.25) is 5.91 Å². The summed E-state index contributed by atoms with van der Waals surface area (Å²) in [7, 11) is 0. The summed E-state index contributed by atoms with van der Waals surface area (Å²) >= 11 is 0. The molecule has 0 spiro atoms. The van der Waals surface area contributed by atoms with Gasteiger partial charge < -0.3 is 10.6 Å². The van der Waals surface area contributed by atoms with Crippen LogP contribution >= 0.6 is 0 Å². The van der Waals surface area contributed by atoms with Crippen LogP contribution in [0.1, 0.15) is 19.3 Å². The Hall–Kier alpha value is -2.17. The third-order valence-corrected chi connectivity index (χ3v) is 3.32. The lowest BCUT2D eigenvalue weighted by atomic mass is 10.1. The van der Waals surface area contributed by atoms with Gasteiger partial charge in [-0.15, -0.1) is 0 Å². The first-order valence-electron chi connectivity index (χ1n) is 6.55. The van der Waals surface area contributed by atoms with E-state index in [1.165, 1.54) is 0 Å². The molecule has 2 heterocycles. The number of rotatable bonds is 2. The van der Waals surface area contributed by atoms with Crippen LogP contribution in [0, 0.1) is 0 Å². The minimum absolute atomic E-state index is 0.121. The van der Waals surface area contributed by atoms with Crippen LogP contribution in [0.5, 0.6) is 0 Å². The third-order valence-electron chi connectivity index (χ3n) is 3.32. The van der Waals surface area contributed by atoms with E-state index in [0.717, 1.165) is 36.1 Å². The standard InChI is InChI=1S/C14H16N4O/c19-14-9-10(2-1-5-17-14)18-11-3-4-12-13(8-11)16-7-6-15-12/h3-4,6-8,10,18H,1-2,5,9H2,(H,17,19). The zero-order valence-corrected chi connectivity index (χ0v) is 10.6. The van der Waals surface area contributed by atoms with Crippen molar-refractivity contribution in [3.05, 3.63) is 30.6 Å². The lowest BCUT2D eigenvalue weighted by Crippen LogP contribution is -2.26. The Morgan fingerprint density at radius 2 is 2.05 bits per heavy atom. The molecule has 0 bridgehead atoms. The summed E-state index contributed by atoms with van der Waals surface area (Å²) in [6, 6.07) is 6.10. The van der Waals surface area contributed by atoms with E-state index >= 15 is 0 Å². The summed E-state index contributed by atoms with van der Waals surface area (Å²) in [5.74, 6) is 0.121. The van der Waals surface area contributed by atoms with E-state index in [0.29, 0.717) is 6.42 Å². The average Bonchev–Trinajstić information content (AvgIpc) is 2.63. The molecule has 1 aliphatic rings. The van der Waals surface area contributed by atoms with Crippen LogP contribution in [0.15, 0.2) is 30.6 Å². The summed E-state index contributed by atoms with van der Waals surface area (Å²) in [5, 5.41) is 6.30. The first kappa shape index (κ1) is 11.9. The van der Waals surface area contributed by atoms with Crippen molar-refractivity contribution in [3.63, 3.8) is 0 Å². The number of carbonyl (C=O) groups excluding carboxylic acids is 1. The molecule has 19 heavy (non-hydrogen) atoms. The van der Waals surface area contributed by atoms with Crippen molar-refractivity contribution >= 4 is 22.6 Å². The summed E-state index contributed by atoms with van der Waals surface area (Å²) in [4.78, 5) is 20.1. The number of anilines is 1. The SMILES string of the molecule is O=C1CC(Nc2ccc3nccnc3c2)CCCN1. The molecule has 1 aliphatic heterocycles. The van der Waals surface area contributed by atoms with E-state index < -0.39 is 0 Å². The highest BCUT2D eigenvalue weighted by atomic mass is 16.1. The Kier molecular flexibility index (Phi) is 3.27. The molecule has 1 atom stereocenters. The van der Waals surface area contributed by atoms with Crippen molar-refractivity contribution < 1.29 is 4.79 Å². The Morgan fingerprint density at radius 3 is 2.95 bits per heavy atom. The van der Waals surface area contributed by atoms with Crippen molar-refractivity contribution in [1.29, 1.82) is 0 Å². The second kappa shape index (κ2) is 5.22. The normalized spacial score (nSPS) is 19.8. The lowest BCUT2D eigenvalue weighted by Gasteiger charge is -2.16. The third kappa shape index (κ3) is 2.81.